The number of rotatable bonds is 9. The van der Waals surface area contributed by atoms with E-state index in [1.165, 1.54) is 0 Å². The minimum Gasteiger partial charge on any atom is -0.486 e. The Balaban J connectivity index is 1.68. The molecule has 0 fully saturated rings. The molecule has 3 amide bonds. The van der Waals surface area contributed by atoms with Gasteiger partial charge in [-0.15, -0.1) is 5.10 Å². The molecular formula is C17H22ClN5O3S. The van der Waals surface area contributed by atoms with Gasteiger partial charge in [0.1, 0.15) is 12.4 Å². The lowest BCUT2D eigenvalue weighted by molar-refractivity contribution is -0.117. The number of carbonyl (C=O) groups is 2. The third-order valence-electron chi connectivity index (χ3n) is 3.29. The number of nitrogens with zero attached hydrogens (tertiary/aromatic N) is 2. The third-order valence-corrected chi connectivity index (χ3v) is 4.39. The van der Waals surface area contributed by atoms with E-state index in [4.69, 9.17) is 16.3 Å². The van der Waals surface area contributed by atoms with Crippen LogP contribution in [0.2, 0.25) is 5.02 Å². The fourth-order valence-electron chi connectivity index (χ4n) is 1.90. The fourth-order valence-corrected chi connectivity index (χ4v) is 2.64. The summed E-state index contributed by atoms with van der Waals surface area (Å²) in [6.45, 7) is 4.86. The minimum absolute atomic E-state index is 0.0347. The summed E-state index contributed by atoms with van der Waals surface area (Å²) in [5, 5.41) is 12.7. The Morgan fingerprint density at radius 1 is 1.30 bits per heavy atom. The van der Waals surface area contributed by atoms with Gasteiger partial charge in [0.2, 0.25) is 11.1 Å². The Bertz CT molecular complexity index is 751. The lowest BCUT2D eigenvalue weighted by Crippen LogP contribution is -2.40. The number of amides is 3. The highest BCUT2D eigenvalue weighted by Crippen LogP contribution is 2.17. The summed E-state index contributed by atoms with van der Waals surface area (Å²) in [5.41, 5.74) is 0. The number of thioether (sulfide) groups is 1. The first-order valence-corrected chi connectivity index (χ1v) is 9.79. The van der Waals surface area contributed by atoms with Gasteiger partial charge in [0.15, 0.2) is 5.82 Å². The molecular weight excluding hydrogens is 390 g/mol. The molecule has 0 spiro atoms. The minimum atomic E-state index is -0.492. The second-order valence-electron chi connectivity index (χ2n) is 6.08. The summed E-state index contributed by atoms with van der Waals surface area (Å²) in [7, 11) is 0. The Morgan fingerprint density at radius 2 is 2.04 bits per heavy atom. The molecule has 1 heterocycles. The van der Waals surface area contributed by atoms with E-state index in [0.29, 0.717) is 34.2 Å². The van der Waals surface area contributed by atoms with E-state index >= 15 is 0 Å². The van der Waals surface area contributed by atoms with Crippen LogP contribution in [-0.4, -0.2) is 39.4 Å². The molecule has 0 aliphatic heterocycles. The SMILES string of the molecule is CC(C)CCNC(=O)NC(=O)CSc1n[nH]c(COc2ccc(Cl)cc2)n1. The van der Waals surface area contributed by atoms with Gasteiger partial charge in [-0.1, -0.05) is 37.2 Å². The van der Waals surface area contributed by atoms with E-state index in [2.05, 4.69) is 39.7 Å². The zero-order chi connectivity index (χ0) is 19.6. The van der Waals surface area contributed by atoms with Crippen molar-refractivity contribution in [2.75, 3.05) is 12.3 Å². The van der Waals surface area contributed by atoms with Gasteiger partial charge in [-0.3, -0.25) is 15.2 Å². The largest absolute Gasteiger partial charge is 0.486 e. The first-order chi connectivity index (χ1) is 12.9. The number of ether oxygens (including phenoxy) is 1. The maximum absolute atomic E-state index is 11.8. The Kier molecular flexibility index (Phi) is 8.41. The molecule has 0 saturated carbocycles. The van der Waals surface area contributed by atoms with Crippen LogP contribution in [0.4, 0.5) is 4.79 Å². The normalized spacial score (nSPS) is 10.7. The first-order valence-electron chi connectivity index (χ1n) is 8.42. The van der Waals surface area contributed by atoms with E-state index in [9.17, 15) is 9.59 Å². The lowest BCUT2D eigenvalue weighted by Gasteiger charge is -2.07. The third kappa shape index (κ3) is 8.31. The number of nitrogens with one attached hydrogen (secondary N) is 3. The maximum Gasteiger partial charge on any atom is 0.321 e. The number of carbonyl (C=O) groups excluding carboxylic acids is 2. The predicted octanol–water partition coefficient (Wildman–Crippen LogP) is 3.00. The second-order valence-corrected chi connectivity index (χ2v) is 7.46. The Morgan fingerprint density at radius 3 is 2.74 bits per heavy atom. The van der Waals surface area contributed by atoms with Crippen LogP contribution in [0.25, 0.3) is 0 Å². The number of aromatic amines is 1. The van der Waals surface area contributed by atoms with Crippen molar-refractivity contribution in [1.29, 1.82) is 0 Å². The summed E-state index contributed by atoms with van der Waals surface area (Å²) >= 11 is 6.94. The van der Waals surface area contributed by atoms with E-state index < -0.39 is 11.9 Å². The molecule has 0 saturated heterocycles. The summed E-state index contributed by atoms with van der Waals surface area (Å²) < 4.78 is 5.56. The molecule has 0 bridgehead atoms. The molecule has 10 heteroatoms. The van der Waals surface area contributed by atoms with Crippen molar-refractivity contribution < 1.29 is 14.3 Å². The van der Waals surface area contributed by atoms with E-state index in [1.807, 2.05) is 0 Å². The zero-order valence-electron chi connectivity index (χ0n) is 15.1. The van der Waals surface area contributed by atoms with Crippen molar-refractivity contribution in [3.8, 4) is 5.75 Å². The van der Waals surface area contributed by atoms with Gasteiger partial charge in [-0.05, 0) is 36.6 Å². The molecule has 8 nitrogen and oxygen atoms in total. The van der Waals surface area contributed by atoms with Crippen LogP contribution < -0.4 is 15.4 Å². The highest BCUT2D eigenvalue weighted by molar-refractivity contribution is 7.99. The summed E-state index contributed by atoms with van der Waals surface area (Å²) in [4.78, 5) is 27.6. The standard InChI is InChI=1S/C17H22ClN5O3S/c1-11(2)7-8-19-16(25)21-15(24)10-27-17-20-14(22-23-17)9-26-13-5-3-12(18)4-6-13/h3-6,11H,7-10H2,1-2H3,(H,20,22,23)(H2,19,21,24,25). The smallest absolute Gasteiger partial charge is 0.321 e. The molecule has 0 aliphatic carbocycles. The van der Waals surface area contributed by atoms with Gasteiger partial charge >= 0.3 is 6.03 Å². The molecule has 27 heavy (non-hydrogen) atoms. The van der Waals surface area contributed by atoms with Crippen LogP contribution in [0.5, 0.6) is 5.75 Å². The van der Waals surface area contributed by atoms with Crippen LogP contribution in [-0.2, 0) is 11.4 Å². The summed E-state index contributed by atoms with van der Waals surface area (Å²) in [5.74, 6) is 1.30. The number of benzene rings is 1. The van der Waals surface area contributed by atoms with Gasteiger partial charge in [0.05, 0.1) is 5.75 Å². The van der Waals surface area contributed by atoms with Gasteiger partial charge < -0.3 is 10.1 Å². The van der Waals surface area contributed by atoms with Crippen LogP contribution in [0.3, 0.4) is 0 Å². The van der Waals surface area contributed by atoms with Crippen molar-refractivity contribution in [1.82, 2.24) is 25.8 Å². The van der Waals surface area contributed by atoms with Gasteiger partial charge in [-0.25, -0.2) is 9.78 Å². The predicted molar refractivity (Wildman–Crippen MR) is 104 cm³/mol. The highest BCUT2D eigenvalue weighted by Gasteiger charge is 2.11. The fraction of sp³-hybridized carbons (Fsp3) is 0.412. The van der Waals surface area contributed by atoms with Crippen molar-refractivity contribution in [2.24, 2.45) is 5.92 Å². The van der Waals surface area contributed by atoms with Crippen LogP contribution in [0.15, 0.2) is 29.4 Å². The number of halogens is 1. The van der Waals surface area contributed by atoms with Crippen molar-refractivity contribution in [3.05, 3.63) is 35.1 Å². The number of hydrogen-bond acceptors (Lipinski definition) is 6. The molecule has 1 aromatic heterocycles. The van der Waals surface area contributed by atoms with Crippen molar-refractivity contribution in [3.63, 3.8) is 0 Å². The zero-order valence-corrected chi connectivity index (χ0v) is 16.7. The number of aromatic nitrogens is 3. The Labute approximate surface area is 166 Å². The van der Waals surface area contributed by atoms with Crippen molar-refractivity contribution in [2.45, 2.75) is 32.0 Å². The lowest BCUT2D eigenvalue weighted by atomic mass is 10.1. The highest BCUT2D eigenvalue weighted by atomic mass is 35.5. The molecule has 3 N–H and O–H groups in total. The number of imide groups is 1. The number of H-pyrrole nitrogens is 1. The average Bonchev–Trinajstić information content (AvgIpc) is 3.07. The number of hydrogen-bond donors (Lipinski definition) is 3. The van der Waals surface area contributed by atoms with Gasteiger partial charge in [-0.2, -0.15) is 0 Å². The van der Waals surface area contributed by atoms with Crippen molar-refractivity contribution >= 4 is 35.3 Å². The quantitative estimate of drug-likeness (QED) is 0.547. The molecule has 0 aliphatic rings. The molecule has 0 atom stereocenters. The van der Waals surface area contributed by atoms with E-state index in [0.717, 1.165) is 18.2 Å². The molecule has 1 aromatic carbocycles. The second kappa shape index (κ2) is 10.8. The molecule has 0 unspecified atom stereocenters. The monoisotopic (exact) mass is 411 g/mol. The Hall–Kier alpha value is -2.26. The van der Waals surface area contributed by atoms with Gasteiger partial charge in [0, 0.05) is 11.6 Å². The average molecular weight is 412 g/mol. The van der Waals surface area contributed by atoms with E-state index in [-0.39, 0.29) is 12.4 Å². The van der Waals surface area contributed by atoms with Crippen LogP contribution >= 0.6 is 23.4 Å². The number of urea groups is 1. The van der Waals surface area contributed by atoms with E-state index in [1.54, 1.807) is 24.3 Å². The summed E-state index contributed by atoms with van der Waals surface area (Å²) in [6.07, 6.45) is 0.856. The molecule has 2 aromatic rings. The van der Waals surface area contributed by atoms with Gasteiger partial charge in [0.25, 0.3) is 0 Å². The van der Waals surface area contributed by atoms with Crippen LogP contribution in [0.1, 0.15) is 26.1 Å². The molecule has 2 rings (SSSR count). The summed E-state index contributed by atoms with van der Waals surface area (Å²) in [6, 6.07) is 6.48. The maximum atomic E-state index is 11.8. The topological polar surface area (TPSA) is 109 Å². The first kappa shape index (κ1) is 21.0. The molecule has 146 valence electrons. The molecule has 0 radical (unpaired) electrons. The van der Waals surface area contributed by atoms with Crippen LogP contribution in [0, 0.1) is 5.92 Å².